The summed E-state index contributed by atoms with van der Waals surface area (Å²) in [5.74, 6) is 0. The predicted octanol–water partition coefficient (Wildman–Crippen LogP) is 3.25. The smallest absolute Gasteiger partial charge is 0.0942 e. The van der Waals surface area contributed by atoms with Gasteiger partial charge in [0.25, 0.3) is 0 Å². The molecule has 0 aliphatic heterocycles. The number of aliphatic hydroxyl groups is 1. The van der Waals surface area contributed by atoms with Crippen molar-refractivity contribution >= 4 is 0 Å². The third kappa shape index (κ3) is 4.38. The zero-order valence-electron chi connectivity index (χ0n) is 12.8. The van der Waals surface area contributed by atoms with E-state index in [0.717, 1.165) is 24.9 Å². The Labute approximate surface area is 127 Å². The first-order valence-electron chi connectivity index (χ1n) is 7.63. The minimum absolute atomic E-state index is 0.0469. The quantitative estimate of drug-likeness (QED) is 0.820. The number of aryl methyl sites for hydroxylation is 1. The molecule has 112 valence electrons. The molecule has 1 aromatic heterocycles. The van der Waals surface area contributed by atoms with Crippen LogP contribution in [0.15, 0.2) is 48.8 Å². The van der Waals surface area contributed by atoms with Crippen molar-refractivity contribution in [3.05, 3.63) is 65.5 Å². The molecule has 0 radical (unpaired) electrons. The molecule has 2 atom stereocenters. The summed E-state index contributed by atoms with van der Waals surface area (Å²) < 4.78 is 0. The van der Waals surface area contributed by atoms with Crippen LogP contribution in [0.3, 0.4) is 0 Å². The van der Waals surface area contributed by atoms with Crippen molar-refractivity contribution in [3.63, 3.8) is 0 Å². The molecule has 2 rings (SSSR count). The van der Waals surface area contributed by atoms with Crippen LogP contribution < -0.4 is 5.32 Å². The standard InChI is InChI=1S/C18H24N2O/c1-3-14-5-7-16(8-6-14)18(21)17(4-2)20-13-15-9-11-19-12-10-15/h5-12,17-18,20-21H,3-4,13H2,1-2H3. The fourth-order valence-electron chi connectivity index (χ4n) is 2.41. The van der Waals surface area contributed by atoms with Gasteiger partial charge >= 0.3 is 0 Å². The van der Waals surface area contributed by atoms with Crippen LogP contribution in [0.25, 0.3) is 0 Å². The van der Waals surface area contributed by atoms with E-state index >= 15 is 0 Å². The molecule has 0 saturated carbocycles. The van der Waals surface area contributed by atoms with Gasteiger partial charge in [-0.1, -0.05) is 38.1 Å². The molecule has 0 amide bonds. The van der Waals surface area contributed by atoms with Gasteiger partial charge in [0.1, 0.15) is 0 Å². The highest BCUT2D eigenvalue weighted by atomic mass is 16.3. The van der Waals surface area contributed by atoms with Gasteiger partial charge in [0.2, 0.25) is 0 Å². The Morgan fingerprint density at radius 2 is 1.67 bits per heavy atom. The zero-order valence-corrected chi connectivity index (χ0v) is 12.8. The van der Waals surface area contributed by atoms with Gasteiger partial charge in [-0.3, -0.25) is 4.98 Å². The van der Waals surface area contributed by atoms with Gasteiger partial charge in [0.15, 0.2) is 0 Å². The molecule has 2 aromatic rings. The van der Waals surface area contributed by atoms with Gasteiger partial charge in [-0.2, -0.15) is 0 Å². The Hall–Kier alpha value is -1.71. The molecular formula is C18H24N2O. The number of nitrogens with one attached hydrogen (secondary N) is 1. The minimum Gasteiger partial charge on any atom is -0.387 e. The van der Waals surface area contributed by atoms with Crippen LogP contribution in [0.2, 0.25) is 0 Å². The number of benzene rings is 1. The van der Waals surface area contributed by atoms with E-state index in [1.807, 2.05) is 24.3 Å². The van der Waals surface area contributed by atoms with Crippen LogP contribution in [0.4, 0.5) is 0 Å². The summed E-state index contributed by atoms with van der Waals surface area (Å²) >= 11 is 0. The van der Waals surface area contributed by atoms with Crippen LogP contribution in [0, 0.1) is 0 Å². The van der Waals surface area contributed by atoms with Gasteiger partial charge in [0.05, 0.1) is 6.10 Å². The zero-order chi connectivity index (χ0) is 15.1. The Morgan fingerprint density at radius 1 is 1.00 bits per heavy atom. The number of aliphatic hydroxyl groups excluding tert-OH is 1. The lowest BCUT2D eigenvalue weighted by atomic mass is 9.98. The number of nitrogens with zero attached hydrogens (tertiary/aromatic N) is 1. The second kappa shape index (κ2) is 7.91. The first kappa shape index (κ1) is 15.7. The Balaban J connectivity index is 1.98. The number of aromatic nitrogens is 1. The maximum Gasteiger partial charge on any atom is 0.0942 e. The van der Waals surface area contributed by atoms with E-state index in [9.17, 15) is 5.11 Å². The summed E-state index contributed by atoms with van der Waals surface area (Å²) in [7, 11) is 0. The van der Waals surface area contributed by atoms with Crippen molar-refractivity contribution in [1.82, 2.24) is 10.3 Å². The molecule has 2 unspecified atom stereocenters. The SMILES string of the molecule is CCc1ccc(C(O)C(CC)NCc2ccncc2)cc1. The third-order valence-electron chi connectivity index (χ3n) is 3.87. The summed E-state index contributed by atoms with van der Waals surface area (Å²) in [6.45, 7) is 4.97. The minimum atomic E-state index is -0.484. The maximum absolute atomic E-state index is 10.5. The first-order chi connectivity index (χ1) is 10.2. The number of hydrogen-bond donors (Lipinski definition) is 2. The monoisotopic (exact) mass is 284 g/mol. The van der Waals surface area contributed by atoms with Gasteiger partial charge in [-0.05, 0) is 41.7 Å². The second-order valence-corrected chi connectivity index (χ2v) is 5.29. The molecule has 21 heavy (non-hydrogen) atoms. The van der Waals surface area contributed by atoms with E-state index in [1.165, 1.54) is 11.1 Å². The predicted molar refractivity (Wildman–Crippen MR) is 85.9 cm³/mol. The highest BCUT2D eigenvalue weighted by molar-refractivity contribution is 5.25. The highest BCUT2D eigenvalue weighted by Crippen LogP contribution is 2.20. The van der Waals surface area contributed by atoms with Crippen molar-refractivity contribution in [1.29, 1.82) is 0 Å². The molecule has 3 nitrogen and oxygen atoms in total. The molecule has 0 aliphatic rings. The van der Waals surface area contributed by atoms with Crippen molar-refractivity contribution in [3.8, 4) is 0 Å². The van der Waals surface area contributed by atoms with Crippen LogP contribution in [0.5, 0.6) is 0 Å². The normalized spacial score (nSPS) is 13.9. The third-order valence-corrected chi connectivity index (χ3v) is 3.87. The Bertz CT molecular complexity index is 525. The molecule has 1 heterocycles. The molecule has 2 N–H and O–H groups in total. The maximum atomic E-state index is 10.5. The number of rotatable bonds is 7. The van der Waals surface area contributed by atoms with Crippen molar-refractivity contribution < 1.29 is 5.11 Å². The fraction of sp³-hybridized carbons (Fsp3) is 0.389. The highest BCUT2D eigenvalue weighted by Gasteiger charge is 2.18. The van der Waals surface area contributed by atoms with E-state index in [4.69, 9.17) is 0 Å². The van der Waals surface area contributed by atoms with E-state index in [2.05, 4.69) is 36.3 Å². The van der Waals surface area contributed by atoms with Crippen molar-refractivity contribution in [2.75, 3.05) is 0 Å². The molecule has 1 aromatic carbocycles. The molecule has 0 spiro atoms. The number of pyridine rings is 1. The van der Waals surface area contributed by atoms with E-state index in [-0.39, 0.29) is 6.04 Å². The van der Waals surface area contributed by atoms with Crippen molar-refractivity contribution in [2.45, 2.75) is 45.4 Å². The molecule has 0 aliphatic carbocycles. The average molecular weight is 284 g/mol. The van der Waals surface area contributed by atoms with Crippen molar-refractivity contribution in [2.24, 2.45) is 0 Å². The Kier molecular flexibility index (Phi) is 5.90. The molecule has 0 fully saturated rings. The van der Waals surface area contributed by atoms with Gasteiger partial charge < -0.3 is 10.4 Å². The molecule has 0 bridgehead atoms. The lowest BCUT2D eigenvalue weighted by Gasteiger charge is -2.23. The van der Waals surface area contributed by atoms with Crippen LogP contribution in [-0.4, -0.2) is 16.1 Å². The summed E-state index contributed by atoms with van der Waals surface area (Å²) in [5, 5.41) is 14.0. The lowest BCUT2D eigenvalue weighted by Crippen LogP contribution is -2.34. The first-order valence-corrected chi connectivity index (χ1v) is 7.63. The van der Waals surface area contributed by atoms with Crippen LogP contribution >= 0.6 is 0 Å². The van der Waals surface area contributed by atoms with Gasteiger partial charge in [-0.25, -0.2) is 0 Å². The van der Waals surface area contributed by atoms with E-state index < -0.39 is 6.10 Å². The van der Waals surface area contributed by atoms with Crippen LogP contribution in [0.1, 0.15) is 43.1 Å². The lowest BCUT2D eigenvalue weighted by molar-refractivity contribution is 0.125. The summed E-state index contributed by atoms with van der Waals surface area (Å²) in [6, 6.07) is 12.3. The topological polar surface area (TPSA) is 45.1 Å². The molecule has 3 heteroatoms. The average Bonchev–Trinajstić information content (AvgIpc) is 2.56. The fourth-order valence-corrected chi connectivity index (χ4v) is 2.41. The largest absolute Gasteiger partial charge is 0.387 e. The molecular weight excluding hydrogens is 260 g/mol. The van der Waals surface area contributed by atoms with E-state index in [0.29, 0.717) is 0 Å². The molecule has 0 saturated heterocycles. The Morgan fingerprint density at radius 3 is 2.24 bits per heavy atom. The van der Waals surface area contributed by atoms with Gasteiger partial charge in [-0.15, -0.1) is 0 Å². The summed E-state index contributed by atoms with van der Waals surface area (Å²) in [5.41, 5.74) is 3.45. The van der Waals surface area contributed by atoms with E-state index in [1.54, 1.807) is 12.4 Å². The van der Waals surface area contributed by atoms with Gasteiger partial charge in [0, 0.05) is 25.0 Å². The summed E-state index contributed by atoms with van der Waals surface area (Å²) in [6.07, 6.45) is 4.99. The summed E-state index contributed by atoms with van der Waals surface area (Å²) in [4.78, 5) is 4.01. The van der Waals surface area contributed by atoms with Crippen LogP contribution in [-0.2, 0) is 13.0 Å². The number of hydrogen-bond acceptors (Lipinski definition) is 3. The second-order valence-electron chi connectivity index (χ2n) is 5.29.